The smallest absolute Gasteiger partial charge is 0.243 e. The molecule has 2 N–H and O–H groups in total. The number of hydrogen-bond acceptors (Lipinski definition) is 4. The van der Waals surface area contributed by atoms with Crippen LogP contribution in [0.25, 0.3) is 11.0 Å². The second-order valence-corrected chi connectivity index (χ2v) is 10.3. The lowest BCUT2D eigenvalue weighted by molar-refractivity contribution is -0.126. The van der Waals surface area contributed by atoms with Gasteiger partial charge in [0.25, 0.3) is 0 Å². The molecule has 1 fully saturated rings. The molecule has 7 nitrogen and oxygen atoms in total. The largest absolute Gasteiger partial charge is 0.349 e. The minimum Gasteiger partial charge on any atom is -0.349 e. The second-order valence-electron chi connectivity index (χ2n) is 8.38. The fourth-order valence-electron chi connectivity index (χ4n) is 4.62. The van der Waals surface area contributed by atoms with Gasteiger partial charge in [-0.2, -0.15) is 4.31 Å². The number of piperidine rings is 1. The number of hydrogen-bond donors (Lipinski definition) is 2. The van der Waals surface area contributed by atoms with Crippen molar-refractivity contribution in [2.45, 2.75) is 43.5 Å². The number of nitrogens with one attached hydrogen (secondary N) is 2. The normalized spacial score (nSPS) is 17.7. The standard InChI is InChI=1S/C23H26N4O3S/c28-23(24-15-22-25-20-6-1-2-7-21(20)26-22)17-10-12-27(13-11-17)31(29,30)19-9-8-16-4-3-5-18(16)14-19/h1-2,6-9,14,17H,3-5,10-13,15H2,(H,24,28)(H,25,26). The number of fused-ring (bicyclic) bond motifs is 2. The van der Waals surface area contributed by atoms with Gasteiger partial charge in [-0.15, -0.1) is 0 Å². The van der Waals surface area contributed by atoms with Crippen LogP contribution in [0.5, 0.6) is 0 Å². The first-order valence-electron chi connectivity index (χ1n) is 10.8. The number of amides is 1. The Labute approximate surface area is 181 Å². The van der Waals surface area contributed by atoms with Crippen LogP contribution in [0, 0.1) is 5.92 Å². The molecule has 8 heteroatoms. The summed E-state index contributed by atoms with van der Waals surface area (Å²) in [5.74, 6) is 0.483. The Morgan fingerprint density at radius 3 is 2.68 bits per heavy atom. The Balaban J connectivity index is 1.18. The monoisotopic (exact) mass is 438 g/mol. The molecule has 5 rings (SSSR count). The number of para-hydroxylation sites is 2. The van der Waals surface area contributed by atoms with E-state index in [9.17, 15) is 13.2 Å². The second kappa shape index (κ2) is 8.09. The summed E-state index contributed by atoms with van der Waals surface area (Å²) in [5, 5.41) is 2.94. The number of carbonyl (C=O) groups is 1. The number of aromatic nitrogens is 2. The van der Waals surface area contributed by atoms with E-state index in [1.165, 1.54) is 9.87 Å². The van der Waals surface area contributed by atoms with Crippen molar-refractivity contribution in [1.29, 1.82) is 0 Å². The van der Waals surface area contributed by atoms with E-state index in [0.29, 0.717) is 43.2 Å². The van der Waals surface area contributed by atoms with Crippen LogP contribution in [0.1, 0.15) is 36.2 Å². The van der Waals surface area contributed by atoms with Crippen molar-refractivity contribution in [3.05, 3.63) is 59.4 Å². The van der Waals surface area contributed by atoms with Crippen LogP contribution in [0.15, 0.2) is 47.4 Å². The molecule has 162 valence electrons. The Kier molecular flexibility index (Phi) is 5.27. The number of benzene rings is 2. The quantitative estimate of drug-likeness (QED) is 0.640. The maximum absolute atomic E-state index is 13.1. The van der Waals surface area contributed by atoms with Crippen LogP contribution in [0.3, 0.4) is 0 Å². The van der Waals surface area contributed by atoms with E-state index < -0.39 is 10.0 Å². The van der Waals surface area contributed by atoms with Gasteiger partial charge in [-0.3, -0.25) is 4.79 Å². The van der Waals surface area contributed by atoms with Crippen LogP contribution in [0.2, 0.25) is 0 Å². The van der Waals surface area contributed by atoms with Gasteiger partial charge < -0.3 is 10.3 Å². The highest BCUT2D eigenvalue weighted by Crippen LogP contribution is 2.28. The molecule has 0 bridgehead atoms. The molecule has 1 aliphatic carbocycles. The molecule has 2 heterocycles. The summed E-state index contributed by atoms with van der Waals surface area (Å²) in [6, 6.07) is 13.3. The molecule has 0 radical (unpaired) electrons. The predicted octanol–water partition coefficient (Wildman–Crippen LogP) is 2.77. The number of aromatic amines is 1. The first-order valence-corrected chi connectivity index (χ1v) is 12.3. The third kappa shape index (κ3) is 3.97. The minimum absolute atomic E-state index is 0.0463. The lowest BCUT2D eigenvalue weighted by Gasteiger charge is -2.30. The van der Waals surface area contributed by atoms with Crippen molar-refractivity contribution >= 4 is 27.0 Å². The number of aryl methyl sites for hydroxylation is 2. The van der Waals surface area contributed by atoms with E-state index in [2.05, 4.69) is 15.3 Å². The maximum Gasteiger partial charge on any atom is 0.243 e. The lowest BCUT2D eigenvalue weighted by Crippen LogP contribution is -2.42. The first-order chi connectivity index (χ1) is 15.0. The van der Waals surface area contributed by atoms with Crippen LogP contribution >= 0.6 is 0 Å². The van der Waals surface area contributed by atoms with E-state index in [-0.39, 0.29) is 11.8 Å². The number of imidazole rings is 1. The highest BCUT2D eigenvalue weighted by Gasteiger charge is 2.32. The highest BCUT2D eigenvalue weighted by atomic mass is 32.2. The van der Waals surface area contributed by atoms with Crippen molar-refractivity contribution in [2.24, 2.45) is 5.92 Å². The average Bonchev–Trinajstić information content (AvgIpc) is 3.43. The molecule has 1 aromatic heterocycles. The predicted molar refractivity (Wildman–Crippen MR) is 118 cm³/mol. The number of rotatable bonds is 5. The summed E-state index contributed by atoms with van der Waals surface area (Å²) in [7, 11) is -3.52. The molecule has 3 aromatic rings. The van der Waals surface area contributed by atoms with Gasteiger partial charge in [-0.1, -0.05) is 18.2 Å². The van der Waals surface area contributed by atoms with Crippen molar-refractivity contribution in [3.63, 3.8) is 0 Å². The van der Waals surface area contributed by atoms with Gasteiger partial charge in [0.1, 0.15) is 5.82 Å². The SMILES string of the molecule is O=C(NCc1nc2ccccc2[nH]1)C1CCN(S(=O)(=O)c2ccc3c(c2)CCC3)CC1. The van der Waals surface area contributed by atoms with Gasteiger partial charge in [0.05, 0.1) is 22.5 Å². The number of carbonyl (C=O) groups excluding carboxylic acids is 1. The van der Waals surface area contributed by atoms with Crippen LogP contribution in [-0.4, -0.2) is 41.7 Å². The Bertz CT molecular complexity index is 1190. The van der Waals surface area contributed by atoms with Crippen molar-refractivity contribution < 1.29 is 13.2 Å². The maximum atomic E-state index is 13.1. The number of sulfonamides is 1. The van der Waals surface area contributed by atoms with Gasteiger partial charge in [-0.25, -0.2) is 13.4 Å². The minimum atomic E-state index is -3.52. The fraction of sp³-hybridized carbons (Fsp3) is 0.391. The van der Waals surface area contributed by atoms with Crippen molar-refractivity contribution in [1.82, 2.24) is 19.6 Å². The molecule has 1 amide bonds. The van der Waals surface area contributed by atoms with E-state index in [1.54, 1.807) is 6.07 Å². The van der Waals surface area contributed by atoms with Crippen LogP contribution in [-0.2, 0) is 34.2 Å². The molecule has 0 saturated carbocycles. The average molecular weight is 439 g/mol. The highest BCUT2D eigenvalue weighted by molar-refractivity contribution is 7.89. The van der Waals surface area contributed by atoms with E-state index in [0.717, 1.165) is 35.9 Å². The first kappa shape index (κ1) is 20.2. The zero-order chi connectivity index (χ0) is 21.4. The van der Waals surface area contributed by atoms with Crippen LogP contribution < -0.4 is 5.32 Å². The third-order valence-corrected chi connectivity index (χ3v) is 8.30. The summed E-state index contributed by atoms with van der Waals surface area (Å²) in [6.45, 7) is 1.06. The summed E-state index contributed by atoms with van der Waals surface area (Å²) in [6.07, 6.45) is 4.12. The van der Waals surface area contributed by atoms with Gasteiger partial charge >= 0.3 is 0 Å². The summed E-state index contributed by atoms with van der Waals surface area (Å²) < 4.78 is 27.7. The molecular formula is C23H26N4O3S. The number of nitrogens with zero attached hydrogens (tertiary/aromatic N) is 2. The molecule has 2 aromatic carbocycles. The van der Waals surface area contributed by atoms with E-state index >= 15 is 0 Å². The van der Waals surface area contributed by atoms with Gasteiger partial charge in [0.15, 0.2) is 0 Å². The third-order valence-electron chi connectivity index (χ3n) is 6.40. The van der Waals surface area contributed by atoms with E-state index in [4.69, 9.17) is 0 Å². The summed E-state index contributed by atoms with van der Waals surface area (Å²) in [4.78, 5) is 20.7. The molecule has 0 atom stereocenters. The zero-order valence-electron chi connectivity index (χ0n) is 17.3. The van der Waals surface area contributed by atoms with Crippen molar-refractivity contribution in [2.75, 3.05) is 13.1 Å². The number of H-pyrrole nitrogens is 1. The zero-order valence-corrected chi connectivity index (χ0v) is 18.1. The molecule has 0 unspecified atom stereocenters. The molecule has 31 heavy (non-hydrogen) atoms. The van der Waals surface area contributed by atoms with Crippen molar-refractivity contribution in [3.8, 4) is 0 Å². The Morgan fingerprint density at radius 2 is 1.87 bits per heavy atom. The summed E-state index contributed by atoms with van der Waals surface area (Å²) >= 11 is 0. The molecule has 1 saturated heterocycles. The Morgan fingerprint density at radius 1 is 1.10 bits per heavy atom. The molecular weight excluding hydrogens is 412 g/mol. The molecule has 0 spiro atoms. The summed E-state index contributed by atoms with van der Waals surface area (Å²) in [5.41, 5.74) is 4.23. The molecule has 2 aliphatic rings. The van der Waals surface area contributed by atoms with Gasteiger partial charge in [-0.05, 0) is 67.5 Å². The topological polar surface area (TPSA) is 95.2 Å². The van der Waals surface area contributed by atoms with Gasteiger partial charge in [0.2, 0.25) is 15.9 Å². The van der Waals surface area contributed by atoms with Gasteiger partial charge in [0, 0.05) is 19.0 Å². The van der Waals surface area contributed by atoms with Crippen LogP contribution in [0.4, 0.5) is 0 Å². The fourth-order valence-corrected chi connectivity index (χ4v) is 6.14. The lowest BCUT2D eigenvalue weighted by atomic mass is 9.97. The Hall–Kier alpha value is -2.71. The van der Waals surface area contributed by atoms with E-state index in [1.807, 2.05) is 36.4 Å². The molecule has 1 aliphatic heterocycles.